The Balaban J connectivity index is 1.33. The number of hydrogen-bond donors (Lipinski definition) is 1. The van der Waals surface area contributed by atoms with Crippen LogP contribution in [0.2, 0.25) is 0 Å². The van der Waals surface area contributed by atoms with Gasteiger partial charge in [0, 0.05) is 11.3 Å². The van der Waals surface area contributed by atoms with Crippen LogP contribution >= 0.6 is 11.8 Å². The number of nitrogens with zero attached hydrogens (tertiary/aromatic N) is 5. The van der Waals surface area contributed by atoms with Crippen molar-refractivity contribution < 1.29 is 45.4 Å². The molecule has 3 aromatic carbocycles. The van der Waals surface area contributed by atoms with Gasteiger partial charge in [0.15, 0.2) is 17.6 Å². The number of amidine groups is 1. The van der Waals surface area contributed by atoms with Crippen molar-refractivity contribution in [2.24, 2.45) is 4.99 Å². The van der Waals surface area contributed by atoms with Crippen molar-refractivity contribution in [3.05, 3.63) is 78.1 Å². The highest BCUT2D eigenvalue weighted by molar-refractivity contribution is 8.15. The molecule has 0 aliphatic carbocycles. The summed E-state index contributed by atoms with van der Waals surface area (Å²) in [4.78, 5) is 35.2. The minimum Gasteiger partial charge on any atom is -0.482 e. The lowest BCUT2D eigenvalue weighted by molar-refractivity contribution is -0.274. The fourth-order valence-electron chi connectivity index (χ4n) is 4.46. The van der Waals surface area contributed by atoms with Crippen molar-refractivity contribution in [2.45, 2.75) is 32.8 Å². The highest BCUT2D eigenvalue weighted by atomic mass is 32.2. The second kappa shape index (κ2) is 13.4. The molecule has 0 unspecified atom stereocenters. The van der Waals surface area contributed by atoms with Gasteiger partial charge in [0.1, 0.15) is 17.8 Å². The number of nitrogens with one attached hydrogen (secondary N) is 1. The minimum absolute atomic E-state index is 0.0302. The van der Waals surface area contributed by atoms with Crippen LogP contribution in [0.1, 0.15) is 18.1 Å². The number of anilines is 2. The Labute approximate surface area is 267 Å². The van der Waals surface area contributed by atoms with Crippen molar-refractivity contribution in [3.63, 3.8) is 0 Å². The maximum atomic E-state index is 13.0. The van der Waals surface area contributed by atoms with E-state index in [-0.39, 0.29) is 28.1 Å². The van der Waals surface area contributed by atoms with Crippen molar-refractivity contribution in [1.29, 1.82) is 0 Å². The lowest BCUT2D eigenvalue weighted by atomic mass is 10.1. The van der Waals surface area contributed by atoms with Crippen LogP contribution in [0.4, 0.5) is 42.5 Å². The normalized spacial score (nSPS) is 14.5. The number of carbonyl (C=O) groups is 2. The molecule has 5 rings (SSSR count). The van der Waals surface area contributed by atoms with Crippen molar-refractivity contribution >= 4 is 40.2 Å². The molecular weight excluding hydrogens is 654 g/mol. The van der Waals surface area contributed by atoms with Crippen LogP contribution in [0.25, 0.3) is 17.1 Å². The third kappa shape index (κ3) is 8.41. The van der Waals surface area contributed by atoms with Gasteiger partial charge in [-0.05, 0) is 79.1 Å². The van der Waals surface area contributed by atoms with Crippen LogP contribution in [0, 0.1) is 6.92 Å². The second-order valence-electron chi connectivity index (χ2n) is 10.00. The van der Waals surface area contributed by atoms with E-state index in [1.807, 2.05) is 6.92 Å². The molecule has 0 saturated carbocycles. The van der Waals surface area contributed by atoms with Gasteiger partial charge in [-0.25, -0.2) is 14.5 Å². The molecule has 0 bridgehead atoms. The predicted molar refractivity (Wildman–Crippen MR) is 162 cm³/mol. The van der Waals surface area contributed by atoms with Crippen molar-refractivity contribution in [1.82, 2.24) is 14.8 Å². The number of hydrogen-bond acceptors (Lipinski definition) is 7. The predicted octanol–water partition coefficient (Wildman–Crippen LogP) is 7.31. The van der Waals surface area contributed by atoms with E-state index in [4.69, 9.17) is 4.74 Å². The van der Waals surface area contributed by atoms with Gasteiger partial charge in [-0.3, -0.25) is 9.69 Å². The number of halogens is 6. The first-order valence-electron chi connectivity index (χ1n) is 13.8. The molecule has 0 atom stereocenters. The number of urea groups is 1. The van der Waals surface area contributed by atoms with Crippen molar-refractivity contribution in [2.75, 3.05) is 22.6 Å². The van der Waals surface area contributed by atoms with E-state index in [0.717, 1.165) is 28.8 Å². The molecule has 246 valence electrons. The van der Waals surface area contributed by atoms with Crippen LogP contribution in [0.3, 0.4) is 0 Å². The quantitative estimate of drug-likeness (QED) is 0.195. The summed E-state index contributed by atoms with van der Waals surface area (Å²) in [6.45, 7) is 1.98. The Hall–Kier alpha value is -5.06. The van der Waals surface area contributed by atoms with Gasteiger partial charge in [0.2, 0.25) is 5.91 Å². The zero-order valence-electron chi connectivity index (χ0n) is 24.5. The van der Waals surface area contributed by atoms with Crippen LogP contribution in [-0.4, -0.2) is 56.8 Å². The first kappa shape index (κ1) is 33.3. The smallest absolute Gasteiger partial charge is 0.482 e. The number of thioether (sulfide) groups is 1. The molecule has 1 aliphatic heterocycles. The van der Waals surface area contributed by atoms with Gasteiger partial charge in [-0.2, -0.15) is 18.2 Å². The molecule has 1 fully saturated rings. The summed E-state index contributed by atoms with van der Waals surface area (Å²) in [5, 5.41) is 7.05. The maximum Gasteiger partial charge on any atom is 0.573 e. The maximum absolute atomic E-state index is 13.0. The van der Waals surface area contributed by atoms with E-state index in [9.17, 15) is 35.9 Å². The van der Waals surface area contributed by atoms with Gasteiger partial charge >= 0.3 is 18.6 Å². The molecule has 2 heterocycles. The molecule has 17 heteroatoms. The van der Waals surface area contributed by atoms with E-state index in [2.05, 4.69) is 25.1 Å². The number of benzene rings is 3. The average Bonchev–Trinajstić information content (AvgIpc) is 3.63. The third-order valence-electron chi connectivity index (χ3n) is 6.52. The molecule has 47 heavy (non-hydrogen) atoms. The topological polar surface area (TPSA) is 111 Å². The molecule has 0 spiro atoms. The molecule has 3 amide bonds. The molecule has 10 nitrogen and oxygen atoms in total. The molecular formula is C30H24F6N6O4S. The molecule has 0 radical (unpaired) electrons. The van der Waals surface area contributed by atoms with E-state index < -0.39 is 31.1 Å². The minimum atomic E-state index is -4.81. The van der Waals surface area contributed by atoms with E-state index in [0.29, 0.717) is 40.3 Å². The summed E-state index contributed by atoms with van der Waals surface area (Å²) >= 11 is 0.956. The SMILES string of the molecule is CCc1cc(-c2ncn(-c3ccc(OC(F)(F)F)cc3)n2)ccc1NC(=O)N=C1SCC(=O)N1c1cc(C)ccc1OCC(F)(F)F. The number of alkyl halides is 6. The summed E-state index contributed by atoms with van der Waals surface area (Å²) in [6, 6.07) is 13.6. The summed E-state index contributed by atoms with van der Waals surface area (Å²) in [5.41, 5.74) is 2.82. The highest BCUT2D eigenvalue weighted by Crippen LogP contribution is 2.36. The van der Waals surface area contributed by atoms with Crippen LogP contribution in [0.15, 0.2) is 72.0 Å². The standard InChI is InChI=1S/C30H24F6N6O4S/c1-3-18-13-19(26-37-16-41(40-26)20-6-8-21(9-7-20)46-30(34,35)36)5-10-22(18)38-27(44)39-28-42(25(43)14-47-28)23-12-17(2)4-11-24(23)45-15-29(31,32)33/h4-13,16H,3,14-15H2,1-2H3,(H,38,44). The van der Waals surface area contributed by atoms with E-state index >= 15 is 0 Å². The molecule has 1 N–H and O–H groups in total. The molecule has 1 saturated heterocycles. The van der Waals surface area contributed by atoms with E-state index in [1.54, 1.807) is 25.1 Å². The number of amides is 3. The van der Waals surface area contributed by atoms with Gasteiger partial charge in [-0.1, -0.05) is 24.8 Å². The lowest BCUT2D eigenvalue weighted by Gasteiger charge is -2.21. The van der Waals surface area contributed by atoms with Crippen LogP contribution in [-0.2, 0) is 11.2 Å². The van der Waals surface area contributed by atoms with Gasteiger partial charge in [0.05, 0.1) is 17.1 Å². The summed E-state index contributed by atoms with van der Waals surface area (Å²) < 4.78 is 86.1. The number of rotatable bonds is 8. The molecule has 1 aromatic heterocycles. The van der Waals surface area contributed by atoms with Crippen molar-refractivity contribution in [3.8, 4) is 28.6 Å². The zero-order valence-corrected chi connectivity index (χ0v) is 25.3. The summed E-state index contributed by atoms with van der Waals surface area (Å²) in [7, 11) is 0. The van der Waals surface area contributed by atoms with Crippen LogP contribution < -0.4 is 19.7 Å². The van der Waals surface area contributed by atoms with Gasteiger partial charge in [-0.15, -0.1) is 18.3 Å². The van der Waals surface area contributed by atoms with Gasteiger partial charge < -0.3 is 14.8 Å². The first-order chi connectivity index (χ1) is 22.2. The first-order valence-corrected chi connectivity index (χ1v) is 14.7. The Kier molecular flexibility index (Phi) is 9.46. The fourth-order valence-corrected chi connectivity index (χ4v) is 5.32. The summed E-state index contributed by atoms with van der Waals surface area (Å²) in [6.07, 6.45) is -7.54. The number of aliphatic imine (C=N–C) groups is 1. The summed E-state index contributed by atoms with van der Waals surface area (Å²) in [5.74, 6) is -0.826. The Bertz CT molecular complexity index is 1820. The van der Waals surface area contributed by atoms with Gasteiger partial charge in [0.25, 0.3) is 0 Å². The third-order valence-corrected chi connectivity index (χ3v) is 7.45. The Morgan fingerprint density at radius 3 is 2.47 bits per heavy atom. The number of carbonyl (C=O) groups excluding carboxylic acids is 2. The lowest BCUT2D eigenvalue weighted by Crippen LogP contribution is -2.31. The molecule has 4 aromatic rings. The Morgan fingerprint density at radius 2 is 1.79 bits per heavy atom. The average molecular weight is 679 g/mol. The monoisotopic (exact) mass is 678 g/mol. The Morgan fingerprint density at radius 1 is 1.04 bits per heavy atom. The fraction of sp³-hybridized carbons (Fsp3) is 0.233. The number of aromatic nitrogens is 3. The molecule has 1 aliphatic rings. The highest BCUT2D eigenvalue weighted by Gasteiger charge is 2.35. The number of ether oxygens (including phenoxy) is 2. The largest absolute Gasteiger partial charge is 0.573 e. The van der Waals surface area contributed by atoms with Crippen LogP contribution in [0.5, 0.6) is 11.5 Å². The second-order valence-corrected chi connectivity index (χ2v) is 10.9. The van der Waals surface area contributed by atoms with E-state index in [1.165, 1.54) is 41.3 Å². The number of aryl methyl sites for hydroxylation is 2. The zero-order chi connectivity index (χ0) is 33.9.